The minimum absolute atomic E-state index is 0.0519. The second-order valence-corrected chi connectivity index (χ2v) is 6.49. The molecule has 1 aliphatic carbocycles. The number of hydrogen-bond donors (Lipinski definition) is 2. The Balaban J connectivity index is 1.90. The maximum Gasteiger partial charge on any atom is 0.305 e. The van der Waals surface area contributed by atoms with E-state index in [9.17, 15) is 14.4 Å². The summed E-state index contributed by atoms with van der Waals surface area (Å²) in [5.74, 6) is -1.21. The number of amides is 1. The Kier molecular flexibility index (Phi) is 5.19. The fourth-order valence-electron chi connectivity index (χ4n) is 3.00. The molecule has 5 nitrogen and oxygen atoms in total. The Morgan fingerprint density at radius 2 is 1.87 bits per heavy atom. The SMILES string of the molecule is Cc1ccc(C)c(C(=O)CCC(=O)NC2(CC(=O)O)CCC2)c1. The lowest BCUT2D eigenvalue weighted by atomic mass is 9.74. The van der Waals surface area contributed by atoms with Crippen molar-refractivity contribution in [3.63, 3.8) is 0 Å². The standard InChI is InChI=1S/C18H23NO4/c1-12-4-5-13(2)14(10-12)15(20)6-7-16(21)19-18(8-3-9-18)11-17(22)23/h4-5,10H,3,6-9,11H2,1-2H3,(H,19,21)(H,22,23). The molecule has 0 saturated heterocycles. The van der Waals surface area contributed by atoms with Crippen molar-refractivity contribution in [2.75, 3.05) is 0 Å². The van der Waals surface area contributed by atoms with E-state index in [1.165, 1.54) is 0 Å². The summed E-state index contributed by atoms with van der Waals surface area (Å²) in [4.78, 5) is 35.2. The van der Waals surface area contributed by atoms with Gasteiger partial charge in [-0.15, -0.1) is 0 Å². The van der Waals surface area contributed by atoms with Gasteiger partial charge in [0.15, 0.2) is 5.78 Å². The number of aliphatic carboxylic acids is 1. The zero-order valence-corrected chi connectivity index (χ0v) is 13.6. The molecule has 1 saturated carbocycles. The number of hydrogen-bond acceptors (Lipinski definition) is 3. The van der Waals surface area contributed by atoms with Gasteiger partial charge in [-0.2, -0.15) is 0 Å². The monoisotopic (exact) mass is 317 g/mol. The Labute approximate surface area is 136 Å². The summed E-state index contributed by atoms with van der Waals surface area (Å²) in [6.45, 7) is 3.80. The summed E-state index contributed by atoms with van der Waals surface area (Å²) < 4.78 is 0. The molecule has 0 unspecified atom stereocenters. The lowest BCUT2D eigenvalue weighted by molar-refractivity contribution is -0.140. The normalized spacial score (nSPS) is 15.6. The van der Waals surface area contributed by atoms with Crippen LogP contribution in [0, 0.1) is 13.8 Å². The number of ketones is 1. The quantitative estimate of drug-likeness (QED) is 0.757. The van der Waals surface area contributed by atoms with Gasteiger partial charge in [-0.05, 0) is 44.7 Å². The summed E-state index contributed by atoms with van der Waals surface area (Å²) in [5, 5.41) is 11.8. The van der Waals surface area contributed by atoms with E-state index < -0.39 is 11.5 Å². The molecule has 5 heteroatoms. The number of nitrogens with one attached hydrogen (secondary N) is 1. The number of benzene rings is 1. The molecule has 1 aromatic rings. The second kappa shape index (κ2) is 6.94. The molecule has 0 bridgehead atoms. The molecule has 1 fully saturated rings. The highest BCUT2D eigenvalue weighted by molar-refractivity contribution is 5.99. The molecule has 1 aromatic carbocycles. The largest absolute Gasteiger partial charge is 0.481 e. The van der Waals surface area contributed by atoms with Crippen LogP contribution in [0.3, 0.4) is 0 Å². The lowest BCUT2D eigenvalue weighted by Crippen LogP contribution is -2.54. The molecule has 124 valence electrons. The molecule has 23 heavy (non-hydrogen) atoms. The van der Waals surface area contributed by atoms with Crippen LogP contribution in [0.4, 0.5) is 0 Å². The molecule has 0 heterocycles. The van der Waals surface area contributed by atoms with Gasteiger partial charge in [0.05, 0.1) is 12.0 Å². The van der Waals surface area contributed by atoms with Crippen molar-refractivity contribution in [1.29, 1.82) is 0 Å². The Morgan fingerprint density at radius 1 is 1.17 bits per heavy atom. The third-order valence-corrected chi connectivity index (χ3v) is 4.48. The van der Waals surface area contributed by atoms with E-state index in [-0.39, 0.29) is 31.0 Å². The van der Waals surface area contributed by atoms with E-state index in [1.807, 2.05) is 32.0 Å². The van der Waals surface area contributed by atoms with Crippen LogP contribution >= 0.6 is 0 Å². The van der Waals surface area contributed by atoms with Gasteiger partial charge in [0.2, 0.25) is 5.91 Å². The summed E-state index contributed by atoms with van der Waals surface area (Å²) >= 11 is 0. The summed E-state index contributed by atoms with van der Waals surface area (Å²) in [5.41, 5.74) is 1.97. The van der Waals surface area contributed by atoms with Crippen LogP contribution in [0.1, 0.15) is 60.0 Å². The molecule has 0 aliphatic heterocycles. The number of aryl methyl sites for hydroxylation is 2. The molecular weight excluding hydrogens is 294 g/mol. The Morgan fingerprint density at radius 3 is 2.43 bits per heavy atom. The fraction of sp³-hybridized carbons (Fsp3) is 0.500. The molecule has 0 spiro atoms. The highest BCUT2D eigenvalue weighted by Gasteiger charge is 2.40. The van der Waals surface area contributed by atoms with E-state index in [0.29, 0.717) is 18.4 Å². The van der Waals surface area contributed by atoms with Gasteiger partial charge >= 0.3 is 5.97 Å². The third kappa shape index (κ3) is 4.41. The van der Waals surface area contributed by atoms with E-state index in [2.05, 4.69) is 5.32 Å². The van der Waals surface area contributed by atoms with E-state index in [1.54, 1.807) is 0 Å². The van der Waals surface area contributed by atoms with Crippen LogP contribution in [0.5, 0.6) is 0 Å². The summed E-state index contributed by atoms with van der Waals surface area (Å²) in [6, 6.07) is 5.69. The first-order chi connectivity index (χ1) is 10.8. The van der Waals surface area contributed by atoms with E-state index in [0.717, 1.165) is 17.5 Å². The van der Waals surface area contributed by atoms with Crippen molar-refractivity contribution >= 4 is 17.7 Å². The maximum atomic E-state index is 12.3. The fourth-order valence-corrected chi connectivity index (χ4v) is 3.00. The first-order valence-corrected chi connectivity index (χ1v) is 7.95. The molecule has 2 rings (SSSR count). The summed E-state index contributed by atoms with van der Waals surface area (Å²) in [6.07, 6.45) is 2.48. The zero-order chi connectivity index (χ0) is 17.0. The van der Waals surface area contributed by atoms with Crippen LogP contribution in [0.2, 0.25) is 0 Å². The highest BCUT2D eigenvalue weighted by Crippen LogP contribution is 2.35. The van der Waals surface area contributed by atoms with Crippen LogP contribution in [0.25, 0.3) is 0 Å². The predicted molar refractivity (Wildman–Crippen MR) is 86.5 cm³/mol. The molecule has 1 aliphatic rings. The molecular formula is C18H23NO4. The van der Waals surface area contributed by atoms with Gasteiger partial charge < -0.3 is 10.4 Å². The first-order valence-electron chi connectivity index (χ1n) is 7.95. The van der Waals surface area contributed by atoms with Crippen molar-refractivity contribution in [2.45, 2.75) is 57.9 Å². The number of carboxylic acids is 1. The van der Waals surface area contributed by atoms with Gasteiger partial charge in [0.1, 0.15) is 0 Å². The third-order valence-electron chi connectivity index (χ3n) is 4.48. The zero-order valence-electron chi connectivity index (χ0n) is 13.6. The van der Waals surface area contributed by atoms with E-state index in [4.69, 9.17) is 5.11 Å². The molecule has 0 aromatic heterocycles. The van der Waals surface area contributed by atoms with Crippen LogP contribution in [-0.4, -0.2) is 28.3 Å². The van der Waals surface area contributed by atoms with Gasteiger partial charge in [0, 0.05) is 18.4 Å². The number of carbonyl (C=O) groups is 3. The number of carbonyl (C=O) groups excluding carboxylic acids is 2. The maximum absolute atomic E-state index is 12.3. The van der Waals surface area contributed by atoms with Gasteiger partial charge in [-0.3, -0.25) is 14.4 Å². The van der Waals surface area contributed by atoms with Crippen LogP contribution in [-0.2, 0) is 9.59 Å². The van der Waals surface area contributed by atoms with Crippen LogP contribution < -0.4 is 5.32 Å². The van der Waals surface area contributed by atoms with Crippen LogP contribution in [0.15, 0.2) is 18.2 Å². The van der Waals surface area contributed by atoms with Gasteiger partial charge in [-0.1, -0.05) is 17.7 Å². The minimum atomic E-state index is -0.906. The van der Waals surface area contributed by atoms with Crippen molar-refractivity contribution in [2.24, 2.45) is 0 Å². The first kappa shape index (κ1) is 17.2. The average Bonchev–Trinajstić information content (AvgIpc) is 2.44. The molecule has 0 atom stereocenters. The Bertz CT molecular complexity index is 632. The number of carboxylic acid groups (broad SMARTS) is 1. The van der Waals surface area contributed by atoms with Gasteiger partial charge in [-0.25, -0.2) is 0 Å². The smallest absolute Gasteiger partial charge is 0.305 e. The second-order valence-electron chi connectivity index (χ2n) is 6.49. The average molecular weight is 317 g/mol. The highest BCUT2D eigenvalue weighted by atomic mass is 16.4. The molecule has 1 amide bonds. The Hall–Kier alpha value is -2.17. The van der Waals surface area contributed by atoms with Crippen molar-refractivity contribution in [3.8, 4) is 0 Å². The van der Waals surface area contributed by atoms with Gasteiger partial charge in [0.25, 0.3) is 0 Å². The topological polar surface area (TPSA) is 83.5 Å². The van der Waals surface area contributed by atoms with E-state index >= 15 is 0 Å². The number of Topliss-reactive ketones (excluding diaryl/α,β-unsaturated/α-hetero) is 1. The summed E-state index contributed by atoms with van der Waals surface area (Å²) in [7, 11) is 0. The molecule has 0 radical (unpaired) electrons. The molecule has 2 N–H and O–H groups in total. The lowest BCUT2D eigenvalue weighted by Gasteiger charge is -2.41. The van der Waals surface area contributed by atoms with Crippen molar-refractivity contribution in [1.82, 2.24) is 5.32 Å². The number of rotatable bonds is 7. The minimum Gasteiger partial charge on any atom is -0.481 e. The van der Waals surface area contributed by atoms with Crippen molar-refractivity contribution < 1.29 is 19.5 Å². The predicted octanol–water partition coefficient (Wildman–Crippen LogP) is 2.78. The van der Waals surface area contributed by atoms with Crippen molar-refractivity contribution in [3.05, 3.63) is 34.9 Å².